The molecule has 0 radical (unpaired) electrons. The van der Waals surface area contributed by atoms with Crippen molar-refractivity contribution in [2.24, 2.45) is 5.10 Å². The molecule has 2 aromatic carbocycles. The maximum Gasteiger partial charge on any atom is 0.278 e. The average molecular weight is 343 g/mol. The standard InChI is InChI=1S/C14H12Cl2N2O2S/c1-18(21(19,20)11-7-3-2-4-8-11)17-14(16)12-9-5-6-10-13(12)15/h2-10H,1H3. The highest BCUT2D eigenvalue weighted by atomic mass is 35.5. The molecule has 0 spiro atoms. The monoisotopic (exact) mass is 342 g/mol. The molecule has 4 nitrogen and oxygen atoms in total. The molecule has 0 unspecified atom stereocenters. The summed E-state index contributed by atoms with van der Waals surface area (Å²) in [6.45, 7) is 0. The van der Waals surface area contributed by atoms with Crippen LogP contribution in [0, 0.1) is 0 Å². The minimum Gasteiger partial charge on any atom is -0.200 e. The van der Waals surface area contributed by atoms with E-state index in [-0.39, 0.29) is 10.1 Å². The maximum atomic E-state index is 12.3. The van der Waals surface area contributed by atoms with Crippen LogP contribution in [-0.4, -0.2) is 25.1 Å². The summed E-state index contributed by atoms with van der Waals surface area (Å²) in [4.78, 5) is 0.139. The maximum absolute atomic E-state index is 12.3. The van der Waals surface area contributed by atoms with E-state index in [0.29, 0.717) is 10.6 Å². The number of nitrogens with zero attached hydrogens (tertiary/aromatic N) is 2. The van der Waals surface area contributed by atoms with Crippen LogP contribution in [0.4, 0.5) is 0 Å². The quantitative estimate of drug-likeness (QED) is 0.630. The van der Waals surface area contributed by atoms with Crippen molar-refractivity contribution >= 4 is 38.4 Å². The van der Waals surface area contributed by atoms with Crippen molar-refractivity contribution in [3.8, 4) is 0 Å². The highest BCUT2D eigenvalue weighted by Gasteiger charge is 2.20. The van der Waals surface area contributed by atoms with E-state index in [1.807, 2.05) is 0 Å². The van der Waals surface area contributed by atoms with E-state index >= 15 is 0 Å². The lowest BCUT2D eigenvalue weighted by atomic mass is 10.2. The van der Waals surface area contributed by atoms with E-state index in [2.05, 4.69) is 5.10 Å². The number of benzene rings is 2. The Morgan fingerprint density at radius 2 is 1.62 bits per heavy atom. The van der Waals surface area contributed by atoms with Crippen LogP contribution in [-0.2, 0) is 10.0 Å². The fraction of sp³-hybridized carbons (Fsp3) is 0.0714. The third-order valence-electron chi connectivity index (χ3n) is 2.71. The molecule has 0 fully saturated rings. The molecule has 0 atom stereocenters. The molecule has 7 heteroatoms. The lowest BCUT2D eigenvalue weighted by Crippen LogP contribution is -2.22. The highest BCUT2D eigenvalue weighted by molar-refractivity contribution is 7.89. The van der Waals surface area contributed by atoms with Crippen LogP contribution in [0.15, 0.2) is 64.6 Å². The number of hydrogen-bond donors (Lipinski definition) is 0. The molecule has 0 amide bonds. The van der Waals surface area contributed by atoms with Crippen molar-refractivity contribution in [1.82, 2.24) is 4.41 Å². The summed E-state index contributed by atoms with van der Waals surface area (Å²) in [7, 11) is -2.42. The normalized spacial score (nSPS) is 12.2. The molecular weight excluding hydrogens is 331 g/mol. The summed E-state index contributed by atoms with van der Waals surface area (Å²) in [5.74, 6) is 0. The van der Waals surface area contributed by atoms with Gasteiger partial charge in [0, 0.05) is 12.6 Å². The van der Waals surface area contributed by atoms with Gasteiger partial charge in [-0.05, 0) is 18.2 Å². The summed E-state index contributed by atoms with van der Waals surface area (Å²) in [6, 6.07) is 14.8. The number of hydrogen-bond acceptors (Lipinski definition) is 3. The topological polar surface area (TPSA) is 49.7 Å². The zero-order valence-electron chi connectivity index (χ0n) is 11.1. The molecule has 0 aromatic heterocycles. The molecule has 0 aliphatic heterocycles. The summed E-state index contributed by atoms with van der Waals surface area (Å²) >= 11 is 12.1. The molecule has 0 aliphatic carbocycles. The lowest BCUT2D eigenvalue weighted by molar-refractivity contribution is 0.490. The predicted octanol–water partition coefficient (Wildman–Crippen LogP) is 3.56. The number of halogens is 2. The van der Waals surface area contributed by atoms with Crippen molar-refractivity contribution in [1.29, 1.82) is 0 Å². The average Bonchev–Trinajstić information content (AvgIpc) is 2.48. The first-order valence-corrected chi connectivity index (χ1v) is 8.15. The van der Waals surface area contributed by atoms with Crippen LogP contribution in [0.2, 0.25) is 5.02 Å². The van der Waals surface area contributed by atoms with Gasteiger partial charge < -0.3 is 0 Å². The van der Waals surface area contributed by atoms with Crippen LogP contribution in [0.25, 0.3) is 0 Å². The zero-order chi connectivity index (χ0) is 15.5. The van der Waals surface area contributed by atoms with Crippen LogP contribution in [0.1, 0.15) is 5.56 Å². The Kier molecular flexibility index (Phi) is 4.88. The van der Waals surface area contributed by atoms with Crippen molar-refractivity contribution in [3.05, 3.63) is 65.2 Å². The first kappa shape index (κ1) is 15.8. The van der Waals surface area contributed by atoms with Crippen molar-refractivity contribution in [2.45, 2.75) is 4.90 Å². The second-order valence-electron chi connectivity index (χ2n) is 4.12. The lowest BCUT2D eigenvalue weighted by Gasteiger charge is -2.14. The zero-order valence-corrected chi connectivity index (χ0v) is 13.4. The Bertz CT molecular complexity index is 762. The Morgan fingerprint density at radius 1 is 1.05 bits per heavy atom. The van der Waals surface area contributed by atoms with E-state index in [9.17, 15) is 8.42 Å². The van der Waals surface area contributed by atoms with Gasteiger partial charge in [0.05, 0.1) is 9.92 Å². The van der Waals surface area contributed by atoms with E-state index in [1.54, 1.807) is 42.5 Å². The summed E-state index contributed by atoms with van der Waals surface area (Å²) in [5, 5.41) is 4.30. The molecular formula is C14H12Cl2N2O2S. The van der Waals surface area contributed by atoms with Gasteiger partial charge in [-0.15, -0.1) is 5.10 Å². The second-order valence-corrected chi connectivity index (χ2v) is 6.84. The molecule has 110 valence electrons. The van der Waals surface area contributed by atoms with E-state index in [0.717, 1.165) is 4.41 Å². The van der Waals surface area contributed by atoms with Gasteiger partial charge in [-0.1, -0.05) is 59.6 Å². The first-order chi connectivity index (χ1) is 9.93. The van der Waals surface area contributed by atoms with E-state index in [1.165, 1.54) is 19.2 Å². The van der Waals surface area contributed by atoms with Crippen molar-refractivity contribution in [3.63, 3.8) is 0 Å². The Morgan fingerprint density at radius 3 is 2.24 bits per heavy atom. The number of hydrazone groups is 1. The summed E-state index contributed by atoms with van der Waals surface area (Å²) in [6.07, 6.45) is 0. The van der Waals surface area contributed by atoms with E-state index < -0.39 is 10.0 Å². The minimum absolute atomic E-state index is 0.00241. The molecule has 2 rings (SSSR count). The third-order valence-corrected chi connectivity index (χ3v) is 4.97. The van der Waals surface area contributed by atoms with Crippen LogP contribution >= 0.6 is 23.2 Å². The SMILES string of the molecule is CN(N=C(Cl)c1ccccc1Cl)S(=O)(=O)c1ccccc1. The summed E-state index contributed by atoms with van der Waals surface area (Å²) < 4.78 is 25.4. The molecule has 0 bridgehead atoms. The fourth-order valence-corrected chi connectivity index (χ4v) is 3.20. The van der Waals surface area contributed by atoms with Crippen LogP contribution < -0.4 is 0 Å². The van der Waals surface area contributed by atoms with Crippen molar-refractivity contribution in [2.75, 3.05) is 7.05 Å². The van der Waals surface area contributed by atoms with Crippen LogP contribution in [0.5, 0.6) is 0 Å². The molecule has 2 aromatic rings. The fourth-order valence-electron chi connectivity index (χ4n) is 1.60. The van der Waals surface area contributed by atoms with Crippen molar-refractivity contribution < 1.29 is 8.42 Å². The smallest absolute Gasteiger partial charge is 0.200 e. The van der Waals surface area contributed by atoms with Gasteiger partial charge >= 0.3 is 0 Å². The Hall–Kier alpha value is -1.56. The highest BCUT2D eigenvalue weighted by Crippen LogP contribution is 2.20. The van der Waals surface area contributed by atoms with Gasteiger partial charge in [0.25, 0.3) is 10.0 Å². The largest absolute Gasteiger partial charge is 0.278 e. The first-order valence-electron chi connectivity index (χ1n) is 5.96. The van der Waals surface area contributed by atoms with Gasteiger partial charge in [-0.25, -0.2) is 0 Å². The Labute approximate surface area is 133 Å². The van der Waals surface area contributed by atoms with Gasteiger partial charge in [0.1, 0.15) is 0 Å². The summed E-state index contributed by atoms with van der Waals surface area (Å²) in [5.41, 5.74) is 0.468. The molecule has 0 heterocycles. The number of rotatable bonds is 4. The van der Waals surface area contributed by atoms with Gasteiger partial charge in [0.15, 0.2) is 5.17 Å². The second kappa shape index (κ2) is 6.47. The van der Waals surface area contributed by atoms with E-state index in [4.69, 9.17) is 23.2 Å². The molecule has 0 saturated carbocycles. The number of sulfonamides is 1. The molecule has 0 aliphatic rings. The molecule has 21 heavy (non-hydrogen) atoms. The predicted molar refractivity (Wildman–Crippen MR) is 85.2 cm³/mol. The van der Waals surface area contributed by atoms with Gasteiger partial charge in [0.2, 0.25) is 0 Å². The third kappa shape index (κ3) is 3.56. The minimum atomic E-state index is -3.74. The molecule has 0 saturated heterocycles. The molecule has 0 N–H and O–H groups in total. The van der Waals surface area contributed by atoms with Gasteiger partial charge in [-0.3, -0.25) is 0 Å². The van der Waals surface area contributed by atoms with Crippen LogP contribution in [0.3, 0.4) is 0 Å². The van der Waals surface area contributed by atoms with Gasteiger partial charge in [-0.2, -0.15) is 12.8 Å². The Balaban J connectivity index is 2.35.